The number of rotatable bonds is 2. The number of likely N-dealkylation sites (N-methyl/N-ethyl adjacent to an activating group) is 1. The zero-order valence-corrected chi connectivity index (χ0v) is 10.3. The van der Waals surface area contributed by atoms with Gasteiger partial charge in [-0.1, -0.05) is 0 Å². The number of amides is 2. The van der Waals surface area contributed by atoms with Crippen molar-refractivity contribution in [3.8, 4) is 0 Å². The van der Waals surface area contributed by atoms with E-state index in [0.29, 0.717) is 13.1 Å². The van der Waals surface area contributed by atoms with Gasteiger partial charge in [0.25, 0.3) is 0 Å². The van der Waals surface area contributed by atoms with E-state index in [9.17, 15) is 9.59 Å². The van der Waals surface area contributed by atoms with Crippen LogP contribution in [0, 0.1) is 0 Å². The lowest BCUT2D eigenvalue weighted by Crippen LogP contribution is -2.38. The second kappa shape index (κ2) is 4.72. The van der Waals surface area contributed by atoms with Crippen LogP contribution >= 0.6 is 0 Å². The fraction of sp³-hybridized carbons (Fsp3) is 0.818. The SMILES string of the molecule is CN([C]=O)C1CCN(C(=O)OC(C)(C)C)C1. The minimum atomic E-state index is -0.474. The summed E-state index contributed by atoms with van der Waals surface area (Å²) in [6.45, 7) is 6.67. The monoisotopic (exact) mass is 227 g/mol. The van der Waals surface area contributed by atoms with E-state index < -0.39 is 5.60 Å². The van der Waals surface area contributed by atoms with Gasteiger partial charge in [-0.25, -0.2) is 4.79 Å². The molecular formula is C11H19N2O3. The molecule has 0 aliphatic carbocycles. The Morgan fingerprint density at radius 1 is 1.50 bits per heavy atom. The molecule has 0 bridgehead atoms. The molecular weight excluding hydrogens is 208 g/mol. The highest BCUT2D eigenvalue weighted by Gasteiger charge is 2.31. The molecule has 0 N–H and O–H groups in total. The number of ether oxygens (including phenoxy) is 1. The van der Waals surface area contributed by atoms with E-state index in [1.165, 1.54) is 4.90 Å². The van der Waals surface area contributed by atoms with Crippen LogP contribution in [0.4, 0.5) is 4.79 Å². The predicted octanol–water partition coefficient (Wildman–Crippen LogP) is 0.995. The molecule has 1 aliphatic heterocycles. The number of likely N-dealkylation sites (tertiary alicyclic amines) is 1. The first kappa shape index (κ1) is 12.8. The Bertz CT molecular complexity index is 273. The van der Waals surface area contributed by atoms with Crippen LogP contribution in [0.2, 0.25) is 0 Å². The maximum atomic E-state index is 11.7. The van der Waals surface area contributed by atoms with Gasteiger partial charge in [0.15, 0.2) is 0 Å². The second-order valence-electron chi connectivity index (χ2n) is 5.07. The zero-order valence-electron chi connectivity index (χ0n) is 10.3. The van der Waals surface area contributed by atoms with Crippen molar-refractivity contribution in [2.75, 3.05) is 20.1 Å². The Morgan fingerprint density at radius 3 is 2.62 bits per heavy atom. The van der Waals surface area contributed by atoms with Gasteiger partial charge in [-0.05, 0) is 27.2 Å². The number of carbonyl (C=O) groups is 1. The summed E-state index contributed by atoms with van der Waals surface area (Å²) in [5.74, 6) is 0. The van der Waals surface area contributed by atoms with Crippen molar-refractivity contribution in [1.82, 2.24) is 9.80 Å². The van der Waals surface area contributed by atoms with Crippen LogP contribution in [0.1, 0.15) is 27.2 Å². The molecule has 1 fully saturated rings. The third-order valence-corrected chi connectivity index (χ3v) is 2.51. The molecule has 5 nitrogen and oxygen atoms in total. The minimum Gasteiger partial charge on any atom is -0.444 e. The minimum absolute atomic E-state index is 0.0602. The molecule has 1 radical (unpaired) electrons. The molecule has 1 rings (SSSR count). The van der Waals surface area contributed by atoms with Gasteiger partial charge in [0.1, 0.15) is 5.60 Å². The molecule has 0 aromatic heterocycles. The number of hydrogen-bond donors (Lipinski definition) is 0. The van der Waals surface area contributed by atoms with Gasteiger partial charge in [0.05, 0.1) is 6.04 Å². The Balaban J connectivity index is 2.47. The Labute approximate surface area is 96.3 Å². The molecule has 0 aromatic rings. The summed E-state index contributed by atoms with van der Waals surface area (Å²) in [7, 11) is 1.68. The standard InChI is InChI=1S/C11H19N2O3/c1-11(2,3)16-10(15)13-6-5-9(7-13)12(4)8-14/h9H,5-7H2,1-4H3. The number of carbonyl (C=O) groups excluding carboxylic acids is 2. The van der Waals surface area contributed by atoms with Crippen molar-refractivity contribution in [3.63, 3.8) is 0 Å². The normalized spacial score (nSPS) is 20.8. The van der Waals surface area contributed by atoms with Crippen molar-refractivity contribution in [3.05, 3.63) is 0 Å². The second-order valence-corrected chi connectivity index (χ2v) is 5.07. The van der Waals surface area contributed by atoms with Crippen LogP contribution in [0.3, 0.4) is 0 Å². The zero-order chi connectivity index (χ0) is 12.3. The van der Waals surface area contributed by atoms with E-state index in [-0.39, 0.29) is 12.1 Å². The Hall–Kier alpha value is -1.26. The third kappa shape index (κ3) is 3.40. The van der Waals surface area contributed by atoms with Crippen LogP contribution in [-0.4, -0.2) is 54.1 Å². The summed E-state index contributed by atoms with van der Waals surface area (Å²) in [6, 6.07) is 0.0602. The summed E-state index contributed by atoms with van der Waals surface area (Å²) in [6.07, 6.45) is 2.29. The summed E-state index contributed by atoms with van der Waals surface area (Å²) < 4.78 is 5.25. The topological polar surface area (TPSA) is 49.9 Å². The van der Waals surface area contributed by atoms with Crippen LogP contribution < -0.4 is 0 Å². The van der Waals surface area contributed by atoms with Crippen LogP contribution in [0.25, 0.3) is 0 Å². The van der Waals surface area contributed by atoms with E-state index >= 15 is 0 Å². The van der Waals surface area contributed by atoms with Gasteiger partial charge in [0.2, 0.25) is 0 Å². The van der Waals surface area contributed by atoms with Gasteiger partial charge >= 0.3 is 12.5 Å². The lowest BCUT2D eigenvalue weighted by Gasteiger charge is -2.25. The van der Waals surface area contributed by atoms with E-state index in [4.69, 9.17) is 4.74 Å². The maximum Gasteiger partial charge on any atom is 0.410 e. The van der Waals surface area contributed by atoms with Crippen LogP contribution in [0.15, 0.2) is 0 Å². The Kier molecular flexibility index (Phi) is 3.78. The fourth-order valence-electron chi connectivity index (χ4n) is 1.62. The van der Waals surface area contributed by atoms with Crippen LogP contribution in [-0.2, 0) is 9.53 Å². The molecule has 0 saturated carbocycles. The first-order valence-corrected chi connectivity index (χ1v) is 5.42. The third-order valence-electron chi connectivity index (χ3n) is 2.51. The van der Waals surface area contributed by atoms with E-state index in [2.05, 4.69) is 0 Å². The van der Waals surface area contributed by atoms with Crippen LogP contribution in [0.5, 0.6) is 0 Å². The highest BCUT2D eigenvalue weighted by Crippen LogP contribution is 2.17. The van der Waals surface area contributed by atoms with Crippen molar-refractivity contribution < 1.29 is 14.3 Å². The van der Waals surface area contributed by atoms with E-state index in [1.807, 2.05) is 27.2 Å². The smallest absolute Gasteiger partial charge is 0.410 e. The molecule has 1 atom stereocenters. The van der Waals surface area contributed by atoms with Crippen molar-refractivity contribution in [2.45, 2.75) is 38.8 Å². The quantitative estimate of drug-likeness (QED) is 0.661. The summed E-state index contributed by atoms with van der Waals surface area (Å²) in [5, 5.41) is 0. The molecule has 1 saturated heterocycles. The highest BCUT2D eigenvalue weighted by atomic mass is 16.6. The molecule has 5 heteroatoms. The maximum absolute atomic E-state index is 11.7. The number of hydrogen-bond acceptors (Lipinski definition) is 3. The molecule has 91 valence electrons. The molecule has 1 unspecified atom stereocenters. The van der Waals surface area contributed by atoms with Gasteiger partial charge < -0.3 is 14.5 Å². The molecule has 0 aromatic carbocycles. The average Bonchev–Trinajstić information content (AvgIpc) is 2.62. The van der Waals surface area contributed by atoms with Crippen molar-refractivity contribution in [2.24, 2.45) is 0 Å². The predicted molar refractivity (Wildman–Crippen MR) is 59.7 cm³/mol. The Morgan fingerprint density at radius 2 is 2.12 bits per heavy atom. The summed E-state index contributed by atoms with van der Waals surface area (Å²) in [5.41, 5.74) is -0.474. The molecule has 0 spiro atoms. The van der Waals surface area contributed by atoms with E-state index in [1.54, 1.807) is 11.9 Å². The van der Waals surface area contributed by atoms with Gasteiger partial charge in [-0.15, -0.1) is 0 Å². The molecule has 2 amide bonds. The van der Waals surface area contributed by atoms with Crippen molar-refractivity contribution >= 4 is 12.5 Å². The summed E-state index contributed by atoms with van der Waals surface area (Å²) in [4.78, 5) is 25.3. The average molecular weight is 227 g/mol. The van der Waals surface area contributed by atoms with Gasteiger partial charge in [-0.3, -0.25) is 4.79 Å². The highest BCUT2D eigenvalue weighted by molar-refractivity contribution is 5.68. The molecule has 1 heterocycles. The van der Waals surface area contributed by atoms with Gasteiger partial charge in [-0.2, -0.15) is 0 Å². The fourth-order valence-corrected chi connectivity index (χ4v) is 1.62. The first-order chi connectivity index (χ1) is 7.33. The first-order valence-electron chi connectivity index (χ1n) is 5.42. The summed E-state index contributed by atoms with van der Waals surface area (Å²) >= 11 is 0. The lowest BCUT2D eigenvalue weighted by atomic mass is 10.2. The largest absolute Gasteiger partial charge is 0.444 e. The van der Waals surface area contributed by atoms with E-state index in [0.717, 1.165) is 6.42 Å². The molecule has 1 aliphatic rings. The van der Waals surface area contributed by atoms with Gasteiger partial charge in [0, 0.05) is 20.1 Å². The lowest BCUT2D eigenvalue weighted by molar-refractivity contribution is 0.0287. The van der Waals surface area contributed by atoms with Crippen molar-refractivity contribution in [1.29, 1.82) is 0 Å². The molecule has 16 heavy (non-hydrogen) atoms. The number of nitrogens with zero attached hydrogens (tertiary/aromatic N) is 2.